The summed E-state index contributed by atoms with van der Waals surface area (Å²) in [5.74, 6) is 0.310. The van der Waals surface area contributed by atoms with Gasteiger partial charge in [0.1, 0.15) is 5.75 Å². The molecule has 2 heterocycles. The number of ether oxygens (including phenoxy) is 1. The third kappa shape index (κ3) is 4.37. The van der Waals surface area contributed by atoms with Gasteiger partial charge in [-0.3, -0.25) is 4.79 Å². The van der Waals surface area contributed by atoms with Crippen LogP contribution in [-0.4, -0.2) is 43.4 Å². The minimum absolute atomic E-state index is 0.182. The normalized spacial score (nSPS) is 16.5. The van der Waals surface area contributed by atoms with Crippen molar-refractivity contribution in [3.8, 4) is 5.75 Å². The maximum absolute atomic E-state index is 12.9. The topological polar surface area (TPSA) is 81.0 Å². The van der Waals surface area contributed by atoms with Crippen molar-refractivity contribution in [2.75, 3.05) is 20.2 Å². The average Bonchev–Trinajstić information content (AvgIpc) is 3.15. The molecule has 0 aliphatic carbocycles. The molecule has 0 atom stereocenters. The summed E-state index contributed by atoms with van der Waals surface area (Å²) in [6, 6.07) is 12.7. The van der Waals surface area contributed by atoms with Crippen molar-refractivity contribution in [3.63, 3.8) is 0 Å². The van der Waals surface area contributed by atoms with E-state index in [1.807, 2.05) is 36.6 Å². The molecule has 32 heavy (non-hydrogen) atoms. The van der Waals surface area contributed by atoms with Crippen LogP contribution in [0.3, 0.4) is 0 Å². The highest BCUT2D eigenvalue weighted by Crippen LogP contribution is 2.26. The van der Waals surface area contributed by atoms with Gasteiger partial charge in [0, 0.05) is 25.6 Å². The number of carbonyl (C=O) groups excluding carboxylic acids is 1. The Morgan fingerprint density at radius 2 is 1.84 bits per heavy atom. The summed E-state index contributed by atoms with van der Waals surface area (Å²) >= 11 is 1.46. The highest BCUT2D eigenvalue weighted by Gasteiger charge is 2.32. The number of thiazole rings is 1. The van der Waals surface area contributed by atoms with Gasteiger partial charge in [0.25, 0.3) is 5.91 Å². The first-order valence-corrected chi connectivity index (χ1v) is 12.9. The molecular formula is C23H27N3O4S2. The van der Waals surface area contributed by atoms with Crippen molar-refractivity contribution in [3.05, 3.63) is 52.8 Å². The van der Waals surface area contributed by atoms with Crippen molar-refractivity contribution in [2.24, 2.45) is 10.9 Å². The van der Waals surface area contributed by atoms with E-state index in [9.17, 15) is 13.2 Å². The van der Waals surface area contributed by atoms with Crippen LogP contribution >= 0.6 is 11.3 Å². The van der Waals surface area contributed by atoms with E-state index >= 15 is 0 Å². The van der Waals surface area contributed by atoms with Crippen molar-refractivity contribution in [1.29, 1.82) is 0 Å². The van der Waals surface area contributed by atoms with Crippen molar-refractivity contribution >= 4 is 37.5 Å². The highest BCUT2D eigenvalue weighted by molar-refractivity contribution is 7.89. The molecule has 0 radical (unpaired) electrons. The predicted octanol–water partition coefficient (Wildman–Crippen LogP) is 3.57. The summed E-state index contributed by atoms with van der Waals surface area (Å²) in [4.78, 5) is 18.3. The van der Waals surface area contributed by atoms with Gasteiger partial charge in [0.15, 0.2) is 4.80 Å². The first kappa shape index (κ1) is 22.7. The van der Waals surface area contributed by atoms with Crippen LogP contribution in [0.5, 0.6) is 5.75 Å². The van der Waals surface area contributed by atoms with Crippen molar-refractivity contribution in [1.82, 2.24) is 8.87 Å². The molecule has 1 aliphatic heterocycles. The molecule has 7 nitrogen and oxygen atoms in total. The van der Waals surface area contributed by atoms with Gasteiger partial charge in [-0.15, -0.1) is 0 Å². The Morgan fingerprint density at radius 3 is 2.47 bits per heavy atom. The van der Waals surface area contributed by atoms with Crippen LogP contribution in [-0.2, 0) is 21.4 Å². The molecule has 2 aromatic carbocycles. The standard InChI is InChI=1S/C23H27N3O4S2/c1-4-26-20-10-7-18(30-3)15-21(20)31-23(26)24-22(27)17-11-13-25(14-12-17)32(28,29)19-8-5-16(2)6-9-19/h5-10,15,17H,4,11-14H2,1-3H3. The zero-order chi connectivity index (χ0) is 22.9. The molecule has 0 bridgehead atoms. The van der Waals surface area contributed by atoms with Crippen LogP contribution in [0.1, 0.15) is 25.3 Å². The Hall–Kier alpha value is -2.49. The van der Waals surface area contributed by atoms with Gasteiger partial charge in [0.05, 0.1) is 22.2 Å². The lowest BCUT2D eigenvalue weighted by molar-refractivity contribution is -0.122. The number of fused-ring (bicyclic) bond motifs is 1. The number of benzene rings is 2. The number of aromatic nitrogens is 1. The minimum Gasteiger partial charge on any atom is -0.497 e. The van der Waals surface area contributed by atoms with Gasteiger partial charge in [-0.25, -0.2) is 8.42 Å². The molecule has 0 unspecified atom stereocenters. The number of hydrogen-bond donors (Lipinski definition) is 0. The van der Waals surface area contributed by atoms with E-state index in [1.54, 1.807) is 31.4 Å². The van der Waals surface area contributed by atoms with E-state index in [2.05, 4.69) is 4.99 Å². The van der Waals surface area contributed by atoms with E-state index in [0.717, 1.165) is 21.5 Å². The number of nitrogens with zero attached hydrogens (tertiary/aromatic N) is 3. The number of rotatable bonds is 5. The van der Waals surface area contributed by atoms with Crippen LogP contribution < -0.4 is 9.54 Å². The van der Waals surface area contributed by atoms with Gasteiger partial charge < -0.3 is 9.30 Å². The molecule has 1 fully saturated rings. The molecule has 3 aromatic rings. The molecular weight excluding hydrogens is 446 g/mol. The largest absolute Gasteiger partial charge is 0.497 e. The lowest BCUT2D eigenvalue weighted by atomic mass is 9.98. The Morgan fingerprint density at radius 1 is 1.16 bits per heavy atom. The zero-order valence-corrected chi connectivity index (χ0v) is 20.1. The fourth-order valence-corrected chi connectivity index (χ4v) is 6.56. The summed E-state index contributed by atoms with van der Waals surface area (Å²) in [5, 5.41) is 0. The number of methoxy groups -OCH3 is 1. The summed E-state index contributed by atoms with van der Waals surface area (Å²) in [6.45, 7) is 5.28. The van der Waals surface area contributed by atoms with Crippen molar-refractivity contribution in [2.45, 2.75) is 38.1 Å². The first-order valence-electron chi connectivity index (χ1n) is 10.7. The van der Waals surface area contributed by atoms with Gasteiger partial charge in [0.2, 0.25) is 10.0 Å². The molecule has 1 saturated heterocycles. The predicted molar refractivity (Wildman–Crippen MR) is 125 cm³/mol. The maximum Gasteiger partial charge on any atom is 0.251 e. The van der Waals surface area contributed by atoms with Gasteiger partial charge in [-0.1, -0.05) is 29.0 Å². The monoisotopic (exact) mass is 473 g/mol. The number of amides is 1. The lowest BCUT2D eigenvalue weighted by Crippen LogP contribution is -2.40. The van der Waals surface area contributed by atoms with E-state index in [0.29, 0.717) is 42.2 Å². The van der Waals surface area contributed by atoms with E-state index in [4.69, 9.17) is 4.74 Å². The zero-order valence-electron chi connectivity index (χ0n) is 18.4. The third-order valence-electron chi connectivity index (χ3n) is 5.87. The van der Waals surface area contributed by atoms with E-state index < -0.39 is 10.0 Å². The summed E-state index contributed by atoms with van der Waals surface area (Å²) in [7, 11) is -1.92. The number of aryl methyl sites for hydroxylation is 2. The number of hydrogen-bond acceptors (Lipinski definition) is 5. The van der Waals surface area contributed by atoms with Crippen LogP contribution in [0.25, 0.3) is 10.2 Å². The summed E-state index contributed by atoms with van der Waals surface area (Å²) in [5.41, 5.74) is 2.03. The second-order valence-electron chi connectivity index (χ2n) is 7.90. The van der Waals surface area contributed by atoms with Gasteiger partial charge >= 0.3 is 0 Å². The molecule has 170 valence electrons. The third-order valence-corrected chi connectivity index (χ3v) is 8.83. The fourth-order valence-electron chi connectivity index (χ4n) is 3.96. The Bertz CT molecular complexity index is 1300. The second kappa shape index (κ2) is 9.17. The average molecular weight is 474 g/mol. The quantitative estimate of drug-likeness (QED) is 0.567. The molecule has 1 amide bonds. The van der Waals surface area contributed by atoms with Crippen LogP contribution in [0.15, 0.2) is 52.4 Å². The van der Waals surface area contributed by atoms with Crippen LogP contribution in [0.2, 0.25) is 0 Å². The highest BCUT2D eigenvalue weighted by atomic mass is 32.2. The molecule has 9 heteroatoms. The fraction of sp³-hybridized carbons (Fsp3) is 0.391. The van der Waals surface area contributed by atoms with E-state index in [-0.39, 0.29) is 11.8 Å². The maximum atomic E-state index is 12.9. The van der Waals surface area contributed by atoms with Crippen molar-refractivity contribution < 1.29 is 17.9 Å². The first-order chi connectivity index (χ1) is 15.3. The molecule has 0 N–H and O–H groups in total. The summed E-state index contributed by atoms with van der Waals surface area (Å²) < 4.78 is 35.6. The lowest BCUT2D eigenvalue weighted by Gasteiger charge is -2.29. The molecule has 0 spiro atoms. The van der Waals surface area contributed by atoms with Crippen LogP contribution in [0.4, 0.5) is 0 Å². The number of carbonyl (C=O) groups is 1. The van der Waals surface area contributed by atoms with E-state index in [1.165, 1.54) is 15.6 Å². The second-order valence-corrected chi connectivity index (χ2v) is 10.9. The Kier molecular flexibility index (Phi) is 6.50. The Labute approximate surface area is 192 Å². The minimum atomic E-state index is -3.54. The van der Waals surface area contributed by atoms with Gasteiger partial charge in [-0.05, 0) is 57.0 Å². The Balaban J connectivity index is 1.51. The molecule has 1 aliphatic rings. The molecule has 1 aromatic heterocycles. The molecule has 4 rings (SSSR count). The number of sulfonamides is 1. The smallest absolute Gasteiger partial charge is 0.251 e. The molecule has 0 saturated carbocycles. The van der Waals surface area contributed by atoms with Gasteiger partial charge in [-0.2, -0.15) is 9.30 Å². The van der Waals surface area contributed by atoms with Crippen LogP contribution in [0, 0.1) is 12.8 Å². The SMILES string of the molecule is CCn1c(=NC(=O)C2CCN(S(=O)(=O)c3ccc(C)cc3)CC2)sc2cc(OC)ccc21. The number of piperidine rings is 1. The summed E-state index contributed by atoms with van der Waals surface area (Å²) in [6.07, 6.45) is 0.941.